The van der Waals surface area contributed by atoms with Crippen LogP contribution in [0.25, 0.3) is 0 Å². The van der Waals surface area contributed by atoms with Crippen LogP contribution in [0.1, 0.15) is 20.8 Å². The van der Waals surface area contributed by atoms with E-state index >= 15 is 0 Å². The fourth-order valence-corrected chi connectivity index (χ4v) is 1.98. The second kappa shape index (κ2) is 11.2. The van der Waals surface area contributed by atoms with Crippen molar-refractivity contribution in [3.8, 4) is 11.5 Å². The summed E-state index contributed by atoms with van der Waals surface area (Å²) in [6.07, 6.45) is -0.0497. The summed E-state index contributed by atoms with van der Waals surface area (Å²) in [7, 11) is 3.33. The molecule has 0 fully saturated rings. The number of nitrogens with one attached hydrogen (secondary N) is 3. The molecule has 140 valence electrons. The molecule has 0 aliphatic heterocycles. The molecule has 1 aromatic rings. The maximum atomic E-state index is 11.5. The van der Waals surface area contributed by atoms with Crippen LogP contribution in [0.3, 0.4) is 0 Å². The number of amides is 1. The molecule has 1 unspecified atom stereocenters. The molecule has 7 nitrogen and oxygen atoms in total. The Morgan fingerprint density at radius 2 is 1.80 bits per heavy atom. The van der Waals surface area contributed by atoms with Gasteiger partial charge in [0, 0.05) is 32.1 Å². The Labute approximate surface area is 150 Å². The highest BCUT2D eigenvalue weighted by molar-refractivity contribution is 5.80. The topological polar surface area (TPSA) is 84.0 Å². The van der Waals surface area contributed by atoms with Crippen molar-refractivity contribution in [1.29, 1.82) is 0 Å². The first kappa shape index (κ1) is 20.6. The third-order valence-electron chi connectivity index (χ3n) is 3.40. The molecule has 1 atom stereocenters. The van der Waals surface area contributed by atoms with Crippen molar-refractivity contribution < 1.29 is 14.3 Å². The summed E-state index contributed by atoms with van der Waals surface area (Å²) in [6.45, 7) is 7.45. The largest absolute Gasteiger partial charge is 0.497 e. The van der Waals surface area contributed by atoms with Gasteiger partial charge >= 0.3 is 0 Å². The van der Waals surface area contributed by atoms with E-state index < -0.39 is 0 Å². The van der Waals surface area contributed by atoms with Gasteiger partial charge in [-0.05, 0) is 19.1 Å². The van der Waals surface area contributed by atoms with E-state index in [0.717, 1.165) is 11.5 Å². The van der Waals surface area contributed by atoms with Gasteiger partial charge in [-0.3, -0.25) is 9.79 Å². The maximum Gasteiger partial charge on any atom is 0.222 e. The molecule has 7 heteroatoms. The predicted octanol–water partition coefficient (Wildman–Crippen LogP) is 1.40. The minimum Gasteiger partial charge on any atom is -0.497 e. The zero-order valence-electron chi connectivity index (χ0n) is 15.8. The number of carbonyl (C=O) groups excluding carboxylic acids is 1. The average Bonchev–Trinajstić information content (AvgIpc) is 2.60. The lowest BCUT2D eigenvalue weighted by Crippen LogP contribution is -2.44. The van der Waals surface area contributed by atoms with Crippen molar-refractivity contribution in [1.82, 2.24) is 16.0 Å². The van der Waals surface area contributed by atoms with Crippen LogP contribution in [-0.4, -0.2) is 51.8 Å². The van der Waals surface area contributed by atoms with E-state index in [1.54, 1.807) is 14.2 Å². The van der Waals surface area contributed by atoms with Gasteiger partial charge < -0.3 is 25.4 Å². The normalized spacial score (nSPS) is 12.5. The maximum absolute atomic E-state index is 11.5. The Bertz CT molecular complexity index is 561. The summed E-state index contributed by atoms with van der Waals surface area (Å²) in [4.78, 5) is 15.6. The van der Waals surface area contributed by atoms with Gasteiger partial charge in [-0.25, -0.2) is 0 Å². The number of guanidine groups is 1. The Morgan fingerprint density at radius 1 is 1.12 bits per heavy atom. The van der Waals surface area contributed by atoms with E-state index in [-0.39, 0.29) is 17.9 Å². The molecule has 0 aliphatic carbocycles. The predicted molar refractivity (Wildman–Crippen MR) is 100 cm³/mol. The van der Waals surface area contributed by atoms with Crippen molar-refractivity contribution in [2.24, 2.45) is 10.9 Å². The summed E-state index contributed by atoms with van der Waals surface area (Å²) < 4.78 is 11.0. The van der Waals surface area contributed by atoms with Gasteiger partial charge in [0.15, 0.2) is 5.96 Å². The lowest BCUT2D eigenvalue weighted by molar-refractivity contribution is -0.123. The van der Waals surface area contributed by atoms with Gasteiger partial charge in [-0.2, -0.15) is 0 Å². The highest BCUT2D eigenvalue weighted by Crippen LogP contribution is 2.19. The molecule has 0 saturated heterocycles. The van der Waals surface area contributed by atoms with Crippen LogP contribution in [0.2, 0.25) is 0 Å². The number of nitrogens with zero attached hydrogens (tertiary/aromatic N) is 1. The molecule has 0 saturated carbocycles. The van der Waals surface area contributed by atoms with Crippen molar-refractivity contribution >= 4 is 11.9 Å². The number of hydrogen-bond donors (Lipinski definition) is 3. The Hall–Kier alpha value is -2.44. The quantitative estimate of drug-likeness (QED) is 0.356. The second-order valence-electron chi connectivity index (χ2n) is 5.93. The molecule has 3 N–H and O–H groups in total. The SMILES string of the molecule is CN=C(NCCNC(=O)C(C)C)NCC(C)Oc1cccc(OC)c1. The Balaban J connectivity index is 2.30. The summed E-state index contributed by atoms with van der Waals surface area (Å²) >= 11 is 0. The van der Waals surface area contributed by atoms with Crippen LogP contribution in [0.4, 0.5) is 0 Å². The highest BCUT2D eigenvalue weighted by atomic mass is 16.5. The van der Waals surface area contributed by atoms with Crippen molar-refractivity contribution in [3.63, 3.8) is 0 Å². The summed E-state index contributed by atoms with van der Waals surface area (Å²) in [5.41, 5.74) is 0. The van der Waals surface area contributed by atoms with Crippen molar-refractivity contribution in [2.45, 2.75) is 26.9 Å². The zero-order valence-corrected chi connectivity index (χ0v) is 15.8. The summed E-state index contributed by atoms with van der Waals surface area (Å²) in [5, 5.41) is 9.20. The molecule has 0 spiro atoms. The first-order valence-electron chi connectivity index (χ1n) is 8.49. The lowest BCUT2D eigenvalue weighted by atomic mass is 10.2. The Kier molecular flexibility index (Phi) is 9.21. The second-order valence-corrected chi connectivity index (χ2v) is 5.93. The van der Waals surface area contributed by atoms with Crippen LogP contribution in [0, 0.1) is 5.92 Å². The van der Waals surface area contributed by atoms with Crippen molar-refractivity contribution in [2.75, 3.05) is 33.8 Å². The third kappa shape index (κ3) is 8.28. The van der Waals surface area contributed by atoms with E-state index in [4.69, 9.17) is 9.47 Å². The van der Waals surface area contributed by atoms with Crippen LogP contribution in [-0.2, 0) is 4.79 Å². The zero-order chi connectivity index (χ0) is 18.7. The molecule has 25 heavy (non-hydrogen) atoms. The standard InChI is InChI=1S/C18H30N4O3/c1-13(2)17(23)20-9-10-21-18(19-4)22-12-14(3)25-16-8-6-7-15(11-16)24-5/h6-8,11,13-14H,9-10,12H2,1-5H3,(H,20,23)(H2,19,21,22). The van der Waals surface area contributed by atoms with Crippen LogP contribution in [0.5, 0.6) is 11.5 Å². The van der Waals surface area contributed by atoms with Crippen LogP contribution in [0.15, 0.2) is 29.3 Å². The third-order valence-corrected chi connectivity index (χ3v) is 3.40. The number of rotatable bonds is 9. The molecule has 0 heterocycles. The first-order chi connectivity index (χ1) is 12.0. The number of carbonyl (C=O) groups is 1. The molecular formula is C18H30N4O3. The number of ether oxygens (including phenoxy) is 2. The fraction of sp³-hybridized carbons (Fsp3) is 0.556. The van der Waals surface area contributed by atoms with E-state index in [2.05, 4.69) is 20.9 Å². The minimum absolute atomic E-state index is 0.00736. The molecule has 0 radical (unpaired) electrons. The summed E-state index contributed by atoms with van der Waals surface area (Å²) in [6, 6.07) is 7.50. The number of benzene rings is 1. The highest BCUT2D eigenvalue weighted by Gasteiger charge is 2.07. The minimum atomic E-state index is -0.0497. The molecule has 0 aliphatic rings. The number of methoxy groups -OCH3 is 1. The molecule has 1 aromatic carbocycles. The van der Waals surface area contributed by atoms with Gasteiger partial charge in [-0.1, -0.05) is 19.9 Å². The van der Waals surface area contributed by atoms with E-state index in [1.807, 2.05) is 45.0 Å². The number of aliphatic imine (C=N–C) groups is 1. The monoisotopic (exact) mass is 350 g/mol. The molecule has 1 amide bonds. The average molecular weight is 350 g/mol. The molecular weight excluding hydrogens is 320 g/mol. The van der Waals surface area contributed by atoms with Crippen LogP contribution >= 0.6 is 0 Å². The van der Waals surface area contributed by atoms with Crippen molar-refractivity contribution in [3.05, 3.63) is 24.3 Å². The van der Waals surface area contributed by atoms with E-state index in [1.165, 1.54) is 0 Å². The smallest absolute Gasteiger partial charge is 0.222 e. The van der Waals surface area contributed by atoms with Gasteiger partial charge in [0.2, 0.25) is 5.91 Å². The van der Waals surface area contributed by atoms with Gasteiger partial charge in [0.1, 0.15) is 17.6 Å². The number of hydrogen-bond acceptors (Lipinski definition) is 4. The van der Waals surface area contributed by atoms with Gasteiger partial charge in [0.25, 0.3) is 0 Å². The van der Waals surface area contributed by atoms with Gasteiger partial charge in [0.05, 0.1) is 13.7 Å². The first-order valence-corrected chi connectivity index (χ1v) is 8.49. The fourth-order valence-electron chi connectivity index (χ4n) is 1.98. The Morgan fingerprint density at radius 3 is 2.44 bits per heavy atom. The molecule has 1 rings (SSSR count). The lowest BCUT2D eigenvalue weighted by Gasteiger charge is -2.18. The molecule has 0 bridgehead atoms. The van der Waals surface area contributed by atoms with E-state index in [9.17, 15) is 4.79 Å². The van der Waals surface area contributed by atoms with Crippen LogP contribution < -0.4 is 25.4 Å². The molecule has 0 aromatic heterocycles. The summed E-state index contributed by atoms with van der Waals surface area (Å²) in [5.74, 6) is 2.23. The van der Waals surface area contributed by atoms with Gasteiger partial charge in [-0.15, -0.1) is 0 Å². The van der Waals surface area contributed by atoms with E-state index in [0.29, 0.717) is 25.6 Å².